The summed E-state index contributed by atoms with van der Waals surface area (Å²) in [7, 11) is 0. The summed E-state index contributed by atoms with van der Waals surface area (Å²) < 4.78 is 26.1. The van der Waals surface area contributed by atoms with Crippen LogP contribution in [0, 0.1) is 23.0 Å². The van der Waals surface area contributed by atoms with E-state index in [0.717, 1.165) is 6.07 Å². The van der Waals surface area contributed by atoms with E-state index < -0.39 is 17.5 Å². The highest BCUT2D eigenvalue weighted by molar-refractivity contribution is 6.31. The van der Waals surface area contributed by atoms with Crippen molar-refractivity contribution in [2.75, 3.05) is 11.1 Å². The van der Waals surface area contributed by atoms with E-state index in [0.29, 0.717) is 6.07 Å². The lowest BCUT2D eigenvalue weighted by Crippen LogP contribution is -2.15. The Morgan fingerprint density at radius 3 is 2.57 bits per heavy atom. The van der Waals surface area contributed by atoms with Crippen molar-refractivity contribution in [1.82, 2.24) is 0 Å². The molecule has 2 rings (SSSR count). The molecule has 7 heteroatoms. The number of benzene rings is 2. The van der Waals surface area contributed by atoms with Gasteiger partial charge in [0.1, 0.15) is 6.07 Å². The zero-order valence-corrected chi connectivity index (χ0v) is 11.2. The number of halogens is 3. The number of carbonyl (C=O) groups is 1. The number of anilines is 2. The van der Waals surface area contributed by atoms with Crippen molar-refractivity contribution in [2.45, 2.75) is 0 Å². The van der Waals surface area contributed by atoms with Gasteiger partial charge in [0.05, 0.1) is 16.1 Å². The number of carbonyl (C=O) groups excluding carboxylic acids is 1. The smallest absolute Gasteiger partial charge is 0.257 e. The fourth-order valence-electron chi connectivity index (χ4n) is 1.65. The highest BCUT2D eigenvalue weighted by atomic mass is 35.5. The van der Waals surface area contributed by atoms with E-state index in [1.165, 1.54) is 18.2 Å². The zero-order chi connectivity index (χ0) is 15.6. The second-order valence-corrected chi connectivity index (χ2v) is 4.52. The topological polar surface area (TPSA) is 78.9 Å². The summed E-state index contributed by atoms with van der Waals surface area (Å²) in [6, 6.07) is 7.56. The SMILES string of the molecule is N#Cc1cc(NC(=O)c2cc(F)c(F)cc2N)ccc1Cl. The molecule has 0 bridgehead atoms. The van der Waals surface area contributed by atoms with Crippen molar-refractivity contribution in [3.63, 3.8) is 0 Å². The Bertz CT molecular complexity index is 772. The van der Waals surface area contributed by atoms with E-state index in [2.05, 4.69) is 5.32 Å². The molecule has 2 aromatic carbocycles. The van der Waals surface area contributed by atoms with E-state index in [9.17, 15) is 13.6 Å². The van der Waals surface area contributed by atoms with Gasteiger partial charge in [0.15, 0.2) is 11.6 Å². The Morgan fingerprint density at radius 1 is 1.24 bits per heavy atom. The van der Waals surface area contributed by atoms with Gasteiger partial charge in [-0.25, -0.2) is 8.78 Å². The minimum absolute atomic E-state index is 0.174. The molecule has 0 aliphatic heterocycles. The van der Waals surface area contributed by atoms with Crippen LogP contribution in [0.1, 0.15) is 15.9 Å². The van der Waals surface area contributed by atoms with E-state index in [1.807, 2.05) is 6.07 Å². The third-order valence-electron chi connectivity index (χ3n) is 2.68. The first-order valence-electron chi connectivity index (χ1n) is 5.68. The largest absolute Gasteiger partial charge is 0.398 e. The molecular weight excluding hydrogens is 300 g/mol. The minimum Gasteiger partial charge on any atom is -0.398 e. The van der Waals surface area contributed by atoms with Gasteiger partial charge in [0.2, 0.25) is 0 Å². The van der Waals surface area contributed by atoms with Crippen molar-refractivity contribution >= 4 is 28.9 Å². The van der Waals surface area contributed by atoms with Crippen molar-refractivity contribution in [3.05, 3.63) is 58.1 Å². The van der Waals surface area contributed by atoms with Crippen LogP contribution in [-0.2, 0) is 0 Å². The number of amides is 1. The molecule has 0 aliphatic rings. The maximum Gasteiger partial charge on any atom is 0.257 e. The summed E-state index contributed by atoms with van der Waals surface area (Å²) in [6.07, 6.45) is 0. The highest BCUT2D eigenvalue weighted by Crippen LogP contribution is 2.22. The van der Waals surface area contributed by atoms with E-state index >= 15 is 0 Å². The number of nitrogens with two attached hydrogens (primary N) is 1. The average Bonchev–Trinajstić information content (AvgIpc) is 2.44. The van der Waals surface area contributed by atoms with E-state index in [-0.39, 0.29) is 27.5 Å². The Hall–Kier alpha value is -2.65. The summed E-state index contributed by atoms with van der Waals surface area (Å²) in [6.45, 7) is 0. The molecular formula is C14H8ClF2N3O. The van der Waals surface area contributed by atoms with Crippen LogP contribution < -0.4 is 11.1 Å². The predicted octanol–water partition coefficient (Wildman–Crippen LogP) is 3.32. The lowest BCUT2D eigenvalue weighted by Gasteiger charge is -2.09. The molecule has 0 saturated heterocycles. The fraction of sp³-hybridized carbons (Fsp3) is 0. The molecule has 0 atom stereocenters. The first kappa shape index (κ1) is 14.8. The lowest BCUT2D eigenvalue weighted by molar-refractivity contribution is 0.102. The molecule has 2 aromatic rings. The summed E-state index contributed by atoms with van der Waals surface area (Å²) >= 11 is 5.77. The molecule has 0 fully saturated rings. The molecule has 0 spiro atoms. The van der Waals surface area contributed by atoms with Crippen molar-refractivity contribution in [2.24, 2.45) is 0 Å². The van der Waals surface area contributed by atoms with Crippen LogP contribution >= 0.6 is 11.6 Å². The van der Waals surface area contributed by atoms with Gasteiger partial charge in [-0.05, 0) is 24.3 Å². The number of hydrogen-bond acceptors (Lipinski definition) is 3. The molecule has 3 N–H and O–H groups in total. The summed E-state index contributed by atoms with van der Waals surface area (Å²) in [4.78, 5) is 12.0. The molecule has 0 aliphatic carbocycles. The normalized spacial score (nSPS) is 10.0. The van der Waals surface area contributed by atoms with Gasteiger partial charge in [0.25, 0.3) is 5.91 Å². The quantitative estimate of drug-likeness (QED) is 0.835. The minimum atomic E-state index is -1.18. The summed E-state index contributed by atoms with van der Waals surface area (Å²) in [5.41, 5.74) is 5.54. The molecule has 0 aromatic heterocycles. The number of nitriles is 1. The van der Waals surface area contributed by atoms with Crippen LogP contribution in [0.5, 0.6) is 0 Å². The van der Waals surface area contributed by atoms with E-state index in [4.69, 9.17) is 22.6 Å². The standard InChI is InChI=1S/C14H8ClF2N3O/c15-10-2-1-8(3-7(10)6-18)20-14(21)9-4-11(16)12(17)5-13(9)19/h1-5H,19H2,(H,20,21). The number of nitrogens with zero attached hydrogens (tertiary/aromatic N) is 1. The number of nitrogen functional groups attached to an aromatic ring is 1. The molecule has 0 radical (unpaired) electrons. The average molecular weight is 308 g/mol. The summed E-state index contributed by atoms with van der Waals surface area (Å²) in [5.74, 6) is -3.04. The third-order valence-corrected chi connectivity index (χ3v) is 3.01. The van der Waals surface area contributed by atoms with Gasteiger partial charge in [-0.3, -0.25) is 4.79 Å². The van der Waals surface area contributed by atoms with Gasteiger partial charge in [0, 0.05) is 17.4 Å². The van der Waals surface area contributed by atoms with Crippen LogP contribution in [0.4, 0.5) is 20.2 Å². The Kier molecular flexibility index (Phi) is 4.05. The van der Waals surface area contributed by atoms with Crippen molar-refractivity contribution < 1.29 is 13.6 Å². The molecule has 0 heterocycles. The predicted molar refractivity (Wildman–Crippen MR) is 74.9 cm³/mol. The maximum absolute atomic E-state index is 13.2. The molecule has 0 saturated carbocycles. The highest BCUT2D eigenvalue weighted by Gasteiger charge is 2.15. The number of rotatable bonds is 2. The van der Waals surface area contributed by atoms with Crippen LogP contribution in [-0.4, -0.2) is 5.91 Å². The van der Waals surface area contributed by atoms with Gasteiger partial charge in [-0.1, -0.05) is 11.6 Å². The molecule has 1 amide bonds. The molecule has 4 nitrogen and oxygen atoms in total. The Labute approximate surface area is 123 Å². The van der Waals surface area contributed by atoms with Crippen LogP contribution in [0.3, 0.4) is 0 Å². The lowest BCUT2D eigenvalue weighted by atomic mass is 10.1. The number of hydrogen-bond donors (Lipinski definition) is 2. The fourth-order valence-corrected chi connectivity index (χ4v) is 1.81. The van der Waals surface area contributed by atoms with Gasteiger partial charge >= 0.3 is 0 Å². The maximum atomic E-state index is 13.2. The first-order valence-corrected chi connectivity index (χ1v) is 6.05. The Morgan fingerprint density at radius 2 is 1.90 bits per heavy atom. The summed E-state index contributed by atoms with van der Waals surface area (Å²) in [5, 5.41) is 11.5. The number of nitrogens with one attached hydrogen (secondary N) is 1. The molecule has 21 heavy (non-hydrogen) atoms. The van der Waals surface area contributed by atoms with Crippen molar-refractivity contribution in [3.8, 4) is 6.07 Å². The second kappa shape index (κ2) is 5.77. The van der Waals surface area contributed by atoms with Gasteiger partial charge in [-0.2, -0.15) is 5.26 Å². The van der Waals surface area contributed by atoms with Crippen molar-refractivity contribution in [1.29, 1.82) is 5.26 Å². The second-order valence-electron chi connectivity index (χ2n) is 4.11. The van der Waals surface area contributed by atoms with Gasteiger partial charge in [-0.15, -0.1) is 0 Å². The van der Waals surface area contributed by atoms with Crippen LogP contribution in [0.25, 0.3) is 0 Å². The third kappa shape index (κ3) is 3.09. The molecule has 106 valence electrons. The van der Waals surface area contributed by atoms with E-state index in [1.54, 1.807) is 0 Å². The monoisotopic (exact) mass is 307 g/mol. The Balaban J connectivity index is 2.31. The van der Waals surface area contributed by atoms with Gasteiger partial charge < -0.3 is 11.1 Å². The first-order chi connectivity index (χ1) is 9.92. The van der Waals surface area contributed by atoms with Crippen LogP contribution in [0.15, 0.2) is 30.3 Å². The molecule has 0 unspecified atom stereocenters. The zero-order valence-electron chi connectivity index (χ0n) is 10.5. The van der Waals surface area contributed by atoms with Crippen LogP contribution in [0.2, 0.25) is 5.02 Å².